The van der Waals surface area contributed by atoms with E-state index in [9.17, 15) is 9.59 Å². The van der Waals surface area contributed by atoms with Crippen LogP contribution in [-0.2, 0) is 4.79 Å². The van der Waals surface area contributed by atoms with Crippen LogP contribution in [0.4, 0.5) is 16.5 Å². The number of ether oxygens (including phenoxy) is 1. The second-order valence-corrected chi connectivity index (χ2v) is 11.9. The molecule has 5 rings (SSSR count). The maximum absolute atomic E-state index is 12.8. The molecule has 0 saturated heterocycles. The van der Waals surface area contributed by atoms with Gasteiger partial charge in [-0.15, -0.1) is 11.3 Å². The number of carbonyl (C=O) groups is 2. The molecule has 0 bridgehead atoms. The zero-order valence-corrected chi connectivity index (χ0v) is 26.8. The maximum atomic E-state index is 12.8. The smallest absolute Gasteiger partial charge is 0.271 e. The molecule has 1 heterocycles. The molecule has 2 amide bonds. The summed E-state index contributed by atoms with van der Waals surface area (Å²) in [6.45, 7) is 1.74. The van der Waals surface area contributed by atoms with Crippen molar-refractivity contribution in [2.45, 2.75) is 6.92 Å². The number of amides is 2. The number of para-hydroxylation sites is 1. The van der Waals surface area contributed by atoms with Gasteiger partial charge in [0.2, 0.25) is 0 Å². The quantitative estimate of drug-likeness (QED) is 0.0999. The molecule has 0 unspecified atom stereocenters. The van der Waals surface area contributed by atoms with Gasteiger partial charge in [0.1, 0.15) is 5.75 Å². The summed E-state index contributed by atoms with van der Waals surface area (Å²) in [5.74, 6) is -0.266. The zero-order chi connectivity index (χ0) is 30.2. The van der Waals surface area contributed by atoms with Crippen LogP contribution < -0.4 is 20.8 Å². The SMILES string of the molecule is Cc1cccc(NC(=O)COc2c(Br)cc(Br)cc2/C=N/NC(=O)c2ccc(-c3csc(Nc4ccccc4)n3)cc2)c1. The number of nitrogens with one attached hydrogen (secondary N) is 3. The number of halogens is 2. The highest BCUT2D eigenvalue weighted by Crippen LogP contribution is 2.32. The largest absolute Gasteiger partial charge is 0.482 e. The monoisotopic (exact) mass is 717 g/mol. The maximum Gasteiger partial charge on any atom is 0.271 e. The fourth-order valence-corrected chi connectivity index (χ4v) is 6.12. The summed E-state index contributed by atoms with van der Waals surface area (Å²) in [7, 11) is 0. The molecule has 0 atom stereocenters. The molecule has 0 aliphatic carbocycles. The van der Waals surface area contributed by atoms with Gasteiger partial charge in [-0.1, -0.05) is 58.4 Å². The number of aromatic nitrogens is 1. The van der Waals surface area contributed by atoms with E-state index in [0.717, 1.165) is 32.1 Å². The van der Waals surface area contributed by atoms with Crippen molar-refractivity contribution in [1.29, 1.82) is 0 Å². The van der Waals surface area contributed by atoms with Crippen LogP contribution in [0.1, 0.15) is 21.5 Å². The number of benzene rings is 4. The molecule has 0 aliphatic rings. The Balaban J connectivity index is 1.19. The van der Waals surface area contributed by atoms with Crippen molar-refractivity contribution in [3.05, 3.63) is 122 Å². The molecule has 8 nitrogen and oxygen atoms in total. The average Bonchev–Trinajstić information content (AvgIpc) is 3.45. The summed E-state index contributed by atoms with van der Waals surface area (Å²) in [5.41, 5.74) is 7.95. The lowest BCUT2D eigenvalue weighted by Gasteiger charge is -2.12. The van der Waals surface area contributed by atoms with Gasteiger partial charge in [-0.05, 0) is 76.9 Å². The first-order valence-electron chi connectivity index (χ1n) is 13.0. The average molecular weight is 719 g/mol. The number of aryl methyl sites for hydroxylation is 1. The third-order valence-corrected chi connectivity index (χ3v) is 7.83. The lowest BCUT2D eigenvalue weighted by Crippen LogP contribution is -2.21. The Bertz CT molecular complexity index is 1780. The Kier molecular flexibility index (Phi) is 9.98. The molecule has 0 fully saturated rings. The van der Waals surface area contributed by atoms with Crippen LogP contribution >= 0.6 is 43.2 Å². The van der Waals surface area contributed by atoms with E-state index >= 15 is 0 Å². The lowest BCUT2D eigenvalue weighted by atomic mass is 10.1. The van der Waals surface area contributed by atoms with Gasteiger partial charge >= 0.3 is 0 Å². The van der Waals surface area contributed by atoms with Crippen molar-refractivity contribution in [3.63, 3.8) is 0 Å². The number of hydrogen-bond donors (Lipinski definition) is 3. The predicted octanol–water partition coefficient (Wildman–Crippen LogP) is 8.17. The summed E-state index contributed by atoms with van der Waals surface area (Å²) in [6.07, 6.45) is 1.46. The number of hydrazone groups is 1. The molecule has 3 N–H and O–H groups in total. The van der Waals surface area contributed by atoms with E-state index in [0.29, 0.717) is 27.0 Å². The number of rotatable bonds is 10. The highest BCUT2D eigenvalue weighted by Gasteiger charge is 2.13. The van der Waals surface area contributed by atoms with E-state index in [-0.39, 0.29) is 18.4 Å². The second-order valence-electron chi connectivity index (χ2n) is 9.32. The Morgan fingerprint density at radius 3 is 2.49 bits per heavy atom. The highest BCUT2D eigenvalue weighted by atomic mass is 79.9. The van der Waals surface area contributed by atoms with Crippen LogP contribution in [0.3, 0.4) is 0 Å². The van der Waals surface area contributed by atoms with Gasteiger partial charge in [-0.2, -0.15) is 5.10 Å². The van der Waals surface area contributed by atoms with Crippen molar-refractivity contribution < 1.29 is 14.3 Å². The molecular weight excluding hydrogens is 694 g/mol. The molecule has 0 spiro atoms. The van der Waals surface area contributed by atoms with Gasteiger partial charge in [0.25, 0.3) is 11.8 Å². The Morgan fingerprint density at radius 1 is 0.953 bits per heavy atom. The predicted molar refractivity (Wildman–Crippen MR) is 179 cm³/mol. The van der Waals surface area contributed by atoms with E-state index in [4.69, 9.17) is 4.74 Å². The number of nitrogens with zero attached hydrogens (tertiary/aromatic N) is 2. The molecule has 0 aliphatic heterocycles. The Labute approximate surface area is 269 Å². The minimum absolute atomic E-state index is 0.212. The van der Waals surface area contributed by atoms with E-state index < -0.39 is 0 Å². The van der Waals surface area contributed by atoms with Gasteiger partial charge < -0.3 is 15.4 Å². The van der Waals surface area contributed by atoms with E-state index in [1.54, 1.807) is 24.3 Å². The van der Waals surface area contributed by atoms with Gasteiger partial charge in [0.15, 0.2) is 11.7 Å². The van der Waals surface area contributed by atoms with Crippen LogP contribution in [0.2, 0.25) is 0 Å². The molecular formula is C32H25Br2N5O3S. The first kappa shape index (κ1) is 30.1. The van der Waals surface area contributed by atoms with E-state index in [2.05, 4.69) is 58.0 Å². The third kappa shape index (κ3) is 8.38. The first-order chi connectivity index (χ1) is 20.8. The molecule has 216 valence electrons. The first-order valence-corrected chi connectivity index (χ1v) is 15.5. The fraction of sp³-hybridized carbons (Fsp3) is 0.0625. The van der Waals surface area contributed by atoms with Crippen LogP contribution in [-0.4, -0.2) is 29.6 Å². The van der Waals surface area contributed by atoms with E-state index in [1.165, 1.54) is 17.6 Å². The van der Waals surface area contributed by atoms with Gasteiger partial charge in [0, 0.05) is 37.9 Å². The minimum Gasteiger partial charge on any atom is -0.482 e. The van der Waals surface area contributed by atoms with Gasteiger partial charge in [0.05, 0.1) is 16.4 Å². The zero-order valence-electron chi connectivity index (χ0n) is 22.8. The number of anilines is 3. The van der Waals surface area contributed by atoms with E-state index in [1.807, 2.05) is 79.0 Å². The molecule has 1 aromatic heterocycles. The number of carbonyl (C=O) groups excluding carboxylic acids is 2. The van der Waals surface area contributed by atoms with Crippen LogP contribution in [0.5, 0.6) is 5.75 Å². The fourth-order valence-electron chi connectivity index (χ4n) is 4.01. The van der Waals surface area contributed by atoms with Crippen LogP contribution in [0.15, 0.2) is 110 Å². The topological polar surface area (TPSA) is 105 Å². The Morgan fingerprint density at radius 2 is 1.72 bits per heavy atom. The third-order valence-electron chi connectivity index (χ3n) is 6.03. The van der Waals surface area contributed by atoms with Crippen LogP contribution in [0.25, 0.3) is 11.3 Å². The number of thiazole rings is 1. The molecule has 4 aromatic carbocycles. The summed E-state index contributed by atoms with van der Waals surface area (Å²) >= 11 is 8.45. The normalized spacial score (nSPS) is 10.9. The Hall–Kier alpha value is -4.32. The molecule has 5 aromatic rings. The number of hydrogen-bond acceptors (Lipinski definition) is 7. The summed E-state index contributed by atoms with van der Waals surface area (Å²) in [5, 5.41) is 13.0. The minimum atomic E-state index is -0.374. The summed E-state index contributed by atoms with van der Waals surface area (Å²) in [6, 6.07) is 28.1. The standard InChI is InChI=1S/C32H25Br2N5O3S/c1-20-6-5-9-26(14-20)36-29(40)18-42-30-23(15-24(33)16-27(30)34)17-35-39-31(41)22-12-10-21(11-13-22)28-19-43-32(38-28)37-25-7-3-2-4-8-25/h2-17,19H,18H2,1H3,(H,36,40)(H,37,38)(H,39,41)/b35-17+. The highest BCUT2D eigenvalue weighted by molar-refractivity contribution is 9.11. The molecule has 11 heteroatoms. The summed E-state index contributed by atoms with van der Waals surface area (Å²) < 4.78 is 7.22. The van der Waals surface area contributed by atoms with Gasteiger partial charge in [-0.25, -0.2) is 10.4 Å². The lowest BCUT2D eigenvalue weighted by molar-refractivity contribution is -0.118. The molecule has 0 saturated carbocycles. The molecule has 0 radical (unpaired) electrons. The van der Waals surface area contributed by atoms with Crippen LogP contribution in [0, 0.1) is 6.92 Å². The molecule has 43 heavy (non-hydrogen) atoms. The van der Waals surface area contributed by atoms with Crippen molar-refractivity contribution in [3.8, 4) is 17.0 Å². The van der Waals surface area contributed by atoms with Crippen molar-refractivity contribution in [2.24, 2.45) is 5.10 Å². The second kappa shape index (κ2) is 14.2. The van der Waals surface area contributed by atoms with Crippen molar-refractivity contribution in [1.82, 2.24) is 10.4 Å². The van der Waals surface area contributed by atoms with Gasteiger partial charge in [-0.3, -0.25) is 9.59 Å². The van der Waals surface area contributed by atoms with Crippen molar-refractivity contribution >= 4 is 77.7 Å². The van der Waals surface area contributed by atoms with Crippen molar-refractivity contribution in [2.75, 3.05) is 17.2 Å². The summed E-state index contributed by atoms with van der Waals surface area (Å²) in [4.78, 5) is 29.9.